The van der Waals surface area contributed by atoms with Gasteiger partial charge in [0.15, 0.2) is 0 Å². The molecule has 0 amide bonds. The number of phenolic OH excluding ortho intramolecular Hbond substituents is 1. The molecule has 1 N–H and O–H groups in total. The Morgan fingerprint density at radius 1 is 1.15 bits per heavy atom. The molecule has 2 aromatic carbocycles. The number of benzene rings is 2. The lowest BCUT2D eigenvalue weighted by Gasteiger charge is -2.52. The van der Waals surface area contributed by atoms with E-state index in [0.29, 0.717) is 5.75 Å². The number of nitrogens with zero attached hydrogens (tertiary/aromatic N) is 1. The largest absolute Gasteiger partial charge is 0.508 e. The average Bonchev–Trinajstić information content (AvgIpc) is 2.67. The Morgan fingerprint density at radius 3 is 2.81 bits per heavy atom. The molecule has 2 aromatic rings. The minimum absolute atomic E-state index is 0.282. The summed E-state index contributed by atoms with van der Waals surface area (Å²) in [6.45, 7) is 5.86. The SMILES string of the molecule is CCC[C@]12CCN(CCc3ccccc3)C[C@H]1CCc1ccc(O)cc12. The predicted molar refractivity (Wildman–Crippen MR) is 108 cm³/mol. The number of fused-ring (bicyclic) bond motifs is 3. The third kappa shape index (κ3) is 3.27. The lowest BCUT2D eigenvalue weighted by molar-refractivity contribution is 0.0701. The van der Waals surface area contributed by atoms with Crippen LogP contribution in [-0.2, 0) is 18.3 Å². The zero-order valence-corrected chi connectivity index (χ0v) is 16.0. The first-order valence-electron chi connectivity index (χ1n) is 10.3. The fourth-order valence-electron chi connectivity index (χ4n) is 5.48. The Balaban J connectivity index is 1.52. The summed E-state index contributed by atoms with van der Waals surface area (Å²) in [5, 5.41) is 10.1. The van der Waals surface area contributed by atoms with E-state index in [4.69, 9.17) is 0 Å². The van der Waals surface area contributed by atoms with Crippen LogP contribution in [0.15, 0.2) is 48.5 Å². The lowest BCUT2D eigenvalue weighted by Crippen LogP contribution is -2.52. The number of hydrogen-bond acceptors (Lipinski definition) is 2. The number of phenols is 1. The molecule has 0 bridgehead atoms. The van der Waals surface area contributed by atoms with Crippen LogP contribution >= 0.6 is 0 Å². The van der Waals surface area contributed by atoms with Crippen LogP contribution in [0.1, 0.15) is 49.3 Å². The molecule has 2 nitrogen and oxygen atoms in total. The van der Waals surface area contributed by atoms with Crippen LogP contribution in [0.2, 0.25) is 0 Å². The van der Waals surface area contributed by atoms with Gasteiger partial charge in [0.2, 0.25) is 0 Å². The van der Waals surface area contributed by atoms with Crippen LogP contribution in [0.4, 0.5) is 0 Å². The Bertz CT molecular complexity index is 741. The van der Waals surface area contributed by atoms with Gasteiger partial charge < -0.3 is 10.0 Å². The van der Waals surface area contributed by atoms with Gasteiger partial charge in [-0.15, -0.1) is 0 Å². The number of hydrogen-bond donors (Lipinski definition) is 1. The summed E-state index contributed by atoms with van der Waals surface area (Å²) < 4.78 is 0. The second kappa shape index (κ2) is 7.44. The zero-order valence-electron chi connectivity index (χ0n) is 16.0. The fourth-order valence-corrected chi connectivity index (χ4v) is 5.48. The van der Waals surface area contributed by atoms with Crippen LogP contribution < -0.4 is 0 Å². The van der Waals surface area contributed by atoms with E-state index in [-0.39, 0.29) is 5.41 Å². The van der Waals surface area contributed by atoms with Gasteiger partial charge in [-0.3, -0.25) is 0 Å². The number of rotatable bonds is 5. The van der Waals surface area contributed by atoms with Gasteiger partial charge in [-0.05, 0) is 73.4 Å². The minimum Gasteiger partial charge on any atom is -0.508 e. The molecule has 4 rings (SSSR count). The second-order valence-corrected chi connectivity index (χ2v) is 8.27. The molecule has 2 heteroatoms. The summed E-state index contributed by atoms with van der Waals surface area (Å²) in [4.78, 5) is 2.68. The molecule has 138 valence electrons. The highest BCUT2D eigenvalue weighted by molar-refractivity contribution is 5.43. The van der Waals surface area contributed by atoms with Gasteiger partial charge >= 0.3 is 0 Å². The molecule has 26 heavy (non-hydrogen) atoms. The minimum atomic E-state index is 0.282. The van der Waals surface area contributed by atoms with Crippen molar-refractivity contribution in [3.05, 3.63) is 65.2 Å². The molecule has 0 radical (unpaired) electrons. The van der Waals surface area contributed by atoms with E-state index in [1.165, 1.54) is 55.5 Å². The maximum atomic E-state index is 10.1. The topological polar surface area (TPSA) is 23.5 Å². The molecular weight excluding hydrogens is 318 g/mol. The van der Waals surface area contributed by atoms with Gasteiger partial charge in [-0.1, -0.05) is 49.7 Å². The maximum Gasteiger partial charge on any atom is 0.115 e. The van der Waals surface area contributed by atoms with Crippen molar-refractivity contribution in [2.45, 2.75) is 50.9 Å². The number of aromatic hydroxyl groups is 1. The molecule has 0 aromatic heterocycles. The standard InChI is InChI=1S/C24H31NO/c1-2-13-24-14-16-25(15-12-19-6-4-3-5-7-19)18-21(24)10-8-20-9-11-22(26)17-23(20)24/h3-7,9,11,17,21,26H,2,8,10,12-16,18H2,1H3/t21-,24+/m1/s1. The van der Waals surface area contributed by atoms with E-state index >= 15 is 0 Å². The Labute approximate surface area is 157 Å². The van der Waals surface area contributed by atoms with Gasteiger partial charge in [0.25, 0.3) is 0 Å². The van der Waals surface area contributed by atoms with E-state index < -0.39 is 0 Å². The molecule has 1 heterocycles. The van der Waals surface area contributed by atoms with E-state index in [2.05, 4.69) is 54.3 Å². The Hall–Kier alpha value is -1.80. The Kier molecular flexibility index (Phi) is 5.04. The molecule has 0 saturated carbocycles. The maximum absolute atomic E-state index is 10.1. The van der Waals surface area contributed by atoms with E-state index in [1.807, 2.05) is 6.07 Å². The number of likely N-dealkylation sites (tertiary alicyclic amines) is 1. The van der Waals surface area contributed by atoms with Crippen LogP contribution in [0.5, 0.6) is 5.75 Å². The molecule has 0 spiro atoms. The van der Waals surface area contributed by atoms with E-state index in [1.54, 1.807) is 0 Å². The molecule has 1 fully saturated rings. The summed E-state index contributed by atoms with van der Waals surface area (Å²) >= 11 is 0. The van der Waals surface area contributed by atoms with E-state index in [9.17, 15) is 5.11 Å². The lowest BCUT2D eigenvalue weighted by atomic mass is 9.58. The second-order valence-electron chi connectivity index (χ2n) is 8.27. The summed E-state index contributed by atoms with van der Waals surface area (Å²) in [7, 11) is 0. The third-order valence-corrected chi connectivity index (χ3v) is 6.78. The van der Waals surface area contributed by atoms with Crippen LogP contribution in [-0.4, -0.2) is 29.6 Å². The number of piperidine rings is 1. The van der Waals surface area contributed by atoms with Crippen molar-refractivity contribution in [1.29, 1.82) is 0 Å². The molecule has 2 atom stereocenters. The molecule has 1 saturated heterocycles. The van der Waals surface area contributed by atoms with Crippen LogP contribution in [0, 0.1) is 5.92 Å². The van der Waals surface area contributed by atoms with Gasteiger partial charge in [-0.25, -0.2) is 0 Å². The highest BCUT2D eigenvalue weighted by atomic mass is 16.3. The van der Waals surface area contributed by atoms with Crippen molar-refractivity contribution < 1.29 is 5.11 Å². The predicted octanol–water partition coefficient (Wildman–Crippen LogP) is 4.94. The first-order valence-corrected chi connectivity index (χ1v) is 10.3. The summed E-state index contributed by atoms with van der Waals surface area (Å²) in [6.07, 6.45) is 7.30. The van der Waals surface area contributed by atoms with Crippen molar-refractivity contribution in [2.75, 3.05) is 19.6 Å². The van der Waals surface area contributed by atoms with Gasteiger partial charge in [0.05, 0.1) is 0 Å². The summed E-state index contributed by atoms with van der Waals surface area (Å²) in [6, 6.07) is 17.0. The zero-order chi connectivity index (χ0) is 18.0. The first-order chi connectivity index (χ1) is 12.7. The molecule has 1 aliphatic carbocycles. The monoisotopic (exact) mass is 349 g/mol. The molecule has 0 unspecified atom stereocenters. The summed E-state index contributed by atoms with van der Waals surface area (Å²) in [5.41, 5.74) is 4.66. The quantitative estimate of drug-likeness (QED) is 0.826. The normalized spacial score (nSPS) is 25.5. The van der Waals surface area contributed by atoms with Crippen molar-refractivity contribution >= 4 is 0 Å². The van der Waals surface area contributed by atoms with Crippen molar-refractivity contribution in [3.63, 3.8) is 0 Å². The molecule has 1 aliphatic heterocycles. The van der Waals surface area contributed by atoms with Crippen LogP contribution in [0.25, 0.3) is 0 Å². The smallest absolute Gasteiger partial charge is 0.115 e. The molecule has 2 aliphatic rings. The van der Waals surface area contributed by atoms with Crippen LogP contribution in [0.3, 0.4) is 0 Å². The van der Waals surface area contributed by atoms with Crippen molar-refractivity contribution in [3.8, 4) is 5.75 Å². The Morgan fingerprint density at radius 2 is 2.00 bits per heavy atom. The molecular formula is C24H31NO. The highest BCUT2D eigenvalue weighted by Gasteiger charge is 2.46. The first kappa shape index (κ1) is 17.6. The fraction of sp³-hybridized carbons (Fsp3) is 0.500. The summed E-state index contributed by atoms with van der Waals surface area (Å²) in [5.74, 6) is 1.16. The highest BCUT2D eigenvalue weighted by Crippen LogP contribution is 2.50. The third-order valence-electron chi connectivity index (χ3n) is 6.78. The van der Waals surface area contributed by atoms with Gasteiger partial charge in [-0.2, -0.15) is 0 Å². The van der Waals surface area contributed by atoms with E-state index in [0.717, 1.165) is 25.3 Å². The van der Waals surface area contributed by atoms with Crippen molar-refractivity contribution in [2.24, 2.45) is 5.92 Å². The van der Waals surface area contributed by atoms with Gasteiger partial charge in [0, 0.05) is 18.5 Å². The van der Waals surface area contributed by atoms with Crippen molar-refractivity contribution in [1.82, 2.24) is 4.90 Å². The number of aryl methyl sites for hydroxylation is 1. The van der Waals surface area contributed by atoms with Gasteiger partial charge in [0.1, 0.15) is 5.75 Å². The average molecular weight is 350 g/mol.